The highest BCUT2D eigenvalue weighted by Gasteiger charge is 2.44. The van der Waals surface area contributed by atoms with Gasteiger partial charge in [0.2, 0.25) is 17.7 Å². The first kappa shape index (κ1) is 91.4. The largest absolute Gasteiger partial charge is 0.491 e. The standard InChI is InChI=1S/C70H83N16O27P3S/c1-3-84(4-2)51-26-25-46-34-53(69(93)111-56(46)37-51)57-35-47-23-24-49(36-55(47)109-57)67(91)79-54(39-77-65(89)45-17-9-6-5-7-10-18-45)68(92)85(31-16-32-117(102,103)104)30-15-22-60(87)74-27-11-8-12-28-76-66(90)48-19-13-21-52(33-48)105-43-62(81-83-73)106-42-61(88)75-29-14-20-50-40-86(70(94)80-64(50)71)63-38-58(107-44-78-82-72)59(110-63)41-108-115(98,99)113-116(100,101)112-114(95,96)97/h5-7,9-10,13,17-19,21,23-26,33-37,40,54,58-59,62-63H,3-4,8,11-12,15-16,22,27-32,38-39,41-44H2,1-2H3,(H,74,87)(H,75,88)(H,76,90)(H,77,89)(H,79,91)(H,98,99)(H,100,101)(H2,71,80,94)(H2,95,96,97)(H,102,103,104)/b6-5-,7-5?,9-6?,10-7-,17-9?,18-10?,45-17?,45-18?. The van der Waals surface area contributed by atoms with Gasteiger partial charge in [0.15, 0.2) is 6.23 Å². The number of fused-ring (bicyclic) bond motifs is 2. The molecule has 0 spiro atoms. The van der Waals surface area contributed by atoms with Gasteiger partial charge in [0.25, 0.3) is 27.8 Å². The van der Waals surface area contributed by atoms with Crippen LogP contribution < -0.4 is 53.3 Å². The van der Waals surface area contributed by atoms with E-state index in [0.717, 1.165) is 29.5 Å². The number of benzene rings is 3. The molecule has 0 radical (unpaired) electrons. The van der Waals surface area contributed by atoms with Gasteiger partial charge in [0.05, 0.1) is 30.6 Å². The fourth-order valence-corrected chi connectivity index (χ4v) is 15.0. The average molecular weight is 1710 g/mol. The summed E-state index contributed by atoms with van der Waals surface area (Å²) < 4.78 is 116. The van der Waals surface area contributed by atoms with Crippen molar-refractivity contribution in [3.05, 3.63) is 186 Å². The minimum Gasteiger partial charge on any atom is -0.491 e. The Bertz CT molecular complexity index is 5310. The molecule has 1 fully saturated rings. The number of nitrogens with two attached hydrogens (primary N) is 1. The van der Waals surface area contributed by atoms with Crippen LogP contribution in [0.5, 0.6) is 5.75 Å². The lowest BCUT2D eigenvalue weighted by Gasteiger charge is -2.28. The van der Waals surface area contributed by atoms with Gasteiger partial charge in [0, 0.05) is 114 Å². The molecule has 8 rings (SSSR count). The molecule has 0 saturated carbocycles. The predicted octanol–water partition coefficient (Wildman–Crippen LogP) is 6.10. The summed E-state index contributed by atoms with van der Waals surface area (Å²) in [6, 6.07) is 17.8. The molecule has 117 heavy (non-hydrogen) atoms. The highest BCUT2D eigenvalue weighted by Crippen LogP contribution is 2.66. The van der Waals surface area contributed by atoms with Crippen LogP contribution in [-0.4, -0.2) is 192 Å². The van der Waals surface area contributed by atoms with Gasteiger partial charge in [0.1, 0.15) is 72.4 Å². The molecule has 1 aliphatic heterocycles. The summed E-state index contributed by atoms with van der Waals surface area (Å²) >= 11 is 0. The SMILES string of the molecule is CCN(CC)c1ccc2cc(-c3cc4ccc(C(=O)NC(CNC(=O)C5=C/C=C\C=C/C=C5)C(=O)N(CCCC(=O)NCCCCCNC(=O)c5cccc(OCC(N=[N+]=[N-])OCC(=O)NCC#Cc6cn(C7CC(OCN=[N+]=[N-])C(COP(=O)(O)OP(=O)(O)OP(=O)(O)O)O7)c(=O)nc6N)c5)CCCS(=O)(=O)O)cc4o3)c(=O)oc2c1. The van der Waals surface area contributed by atoms with Crippen molar-refractivity contribution in [3.8, 4) is 28.9 Å². The molecule has 4 heterocycles. The second-order valence-electron chi connectivity index (χ2n) is 25.4. The number of ether oxygens (including phenoxy) is 4. The number of azide groups is 2. The number of hydrogen-bond acceptors (Lipinski definition) is 27. The Balaban J connectivity index is 0.774. The molecule has 12 N–H and O–H groups in total. The monoisotopic (exact) mass is 1700 g/mol. The van der Waals surface area contributed by atoms with Crippen LogP contribution in [0.15, 0.2) is 156 Å². The molecule has 1 aliphatic carbocycles. The molecule has 626 valence electrons. The van der Waals surface area contributed by atoms with E-state index in [1.54, 1.807) is 66.8 Å². The van der Waals surface area contributed by atoms with E-state index in [2.05, 4.69) is 81.5 Å². The Hall–Kier alpha value is -11.1. The third-order valence-electron chi connectivity index (χ3n) is 17.0. The molecule has 47 heteroatoms. The fourth-order valence-electron chi connectivity index (χ4n) is 11.5. The summed E-state index contributed by atoms with van der Waals surface area (Å²) in [5.74, 6) is 0.778. The van der Waals surface area contributed by atoms with E-state index in [1.807, 2.05) is 26.0 Å². The van der Waals surface area contributed by atoms with Crippen molar-refractivity contribution < 1.29 is 116 Å². The van der Waals surface area contributed by atoms with Crippen LogP contribution in [-0.2, 0) is 70.3 Å². The third kappa shape index (κ3) is 29.5. The van der Waals surface area contributed by atoms with Crippen LogP contribution in [0.1, 0.15) is 91.3 Å². The Morgan fingerprint density at radius 1 is 0.795 bits per heavy atom. The van der Waals surface area contributed by atoms with Crippen LogP contribution in [0, 0.1) is 11.8 Å². The first-order chi connectivity index (χ1) is 55.7. The number of nitrogens with one attached hydrogen (secondary N) is 5. The fraction of sp³-hybridized carbons (Fsp3) is 0.386. The maximum Gasteiger partial charge on any atom is 0.490 e. The first-order valence-corrected chi connectivity index (χ1v) is 41.9. The molecule has 6 amide bonds. The van der Waals surface area contributed by atoms with Gasteiger partial charge in [-0.3, -0.25) is 42.4 Å². The average Bonchev–Trinajstić information content (AvgIpc) is 1.68. The van der Waals surface area contributed by atoms with Gasteiger partial charge < -0.3 is 89.5 Å². The number of phosphoric ester groups is 1. The van der Waals surface area contributed by atoms with Crippen molar-refractivity contribution in [2.75, 3.05) is 95.3 Å². The number of nitrogen functional groups attached to an aromatic ring is 1. The van der Waals surface area contributed by atoms with Gasteiger partial charge in [-0.15, -0.1) is 0 Å². The molecule has 6 aromatic rings. The normalized spacial score (nSPS) is 16.6. The number of carbonyl (C=O) groups is 6. The molecule has 43 nitrogen and oxygen atoms in total. The number of nitrogens with zero attached hydrogens (tertiary/aromatic N) is 10. The van der Waals surface area contributed by atoms with E-state index in [4.69, 9.17) is 48.8 Å². The van der Waals surface area contributed by atoms with Gasteiger partial charge in [-0.25, -0.2) is 23.3 Å². The lowest BCUT2D eigenvalue weighted by molar-refractivity contribution is -0.134. The summed E-state index contributed by atoms with van der Waals surface area (Å²) in [5, 5.41) is 21.4. The molecular formula is C70H83N16O27P3S. The summed E-state index contributed by atoms with van der Waals surface area (Å²) in [6.07, 6.45) is 8.40. The van der Waals surface area contributed by atoms with Crippen LogP contribution in [0.3, 0.4) is 0 Å². The number of furan rings is 1. The molecular weight excluding hydrogens is 1620 g/mol. The van der Waals surface area contributed by atoms with Crippen molar-refractivity contribution in [2.45, 2.75) is 89.5 Å². The minimum absolute atomic E-state index is 0.0314. The van der Waals surface area contributed by atoms with Crippen LogP contribution in [0.25, 0.3) is 54.1 Å². The quantitative estimate of drug-likeness (QED) is 0.00301. The maximum absolute atomic E-state index is 14.7. The zero-order valence-electron chi connectivity index (χ0n) is 62.6. The third-order valence-corrected chi connectivity index (χ3v) is 21.6. The highest BCUT2D eigenvalue weighted by atomic mass is 32.2. The predicted molar refractivity (Wildman–Crippen MR) is 418 cm³/mol. The summed E-state index contributed by atoms with van der Waals surface area (Å²) in [4.78, 5) is 157. The van der Waals surface area contributed by atoms with Crippen molar-refractivity contribution >= 4 is 102 Å². The van der Waals surface area contributed by atoms with Crippen LogP contribution in [0.2, 0.25) is 0 Å². The summed E-state index contributed by atoms with van der Waals surface area (Å²) in [5.41, 5.74) is 24.2. The van der Waals surface area contributed by atoms with E-state index in [9.17, 15) is 80.3 Å². The Labute approximate surface area is 666 Å². The Morgan fingerprint density at radius 2 is 1.51 bits per heavy atom. The number of amides is 6. The summed E-state index contributed by atoms with van der Waals surface area (Å²) in [7, 11) is -21.7. The molecule has 3 aromatic heterocycles. The van der Waals surface area contributed by atoms with Gasteiger partial charge in [-0.05, 0) is 124 Å². The Morgan fingerprint density at radius 3 is 2.26 bits per heavy atom. The van der Waals surface area contributed by atoms with E-state index in [0.29, 0.717) is 35.6 Å². The maximum atomic E-state index is 14.7. The van der Waals surface area contributed by atoms with E-state index in [1.165, 1.54) is 41.3 Å². The van der Waals surface area contributed by atoms with Gasteiger partial charge in [-0.2, -0.15) is 22.0 Å². The molecule has 2 aliphatic rings. The number of anilines is 2. The molecule has 7 atom stereocenters. The van der Waals surface area contributed by atoms with Gasteiger partial charge in [-0.1, -0.05) is 64.6 Å². The number of phosphoric acid groups is 3. The van der Waals surface area contributed by atoms with E-state index >= 15 is 0 Å². The van der Waals surface area contributed by atoms with Crippen molar-refractivity contribution in [2.24, 2.45) is 10.2 Å². The van der Waals surface area contributed by atoms with Crippen molar-refractivity contribution in [1.82, 2.24) is 41.0 Å². The second-order valence-corrected chi connectivity index (χ2v) is 31.4. The minimum atomic E-state index is -5.88. The number of aromatic nitrogens is 2. The van der Waals surface area contributed by atoms with E-state index < -0.39 is 144 Å². The van der Waals surface area contributed by atoms with Gasteiger partial charge >= 0.3 is 34.8 Å². The van der Waals surface area contributed by atoms with Crippen molar-refractivity contribution in [1.29, 1.82) is 0 Å². The zero-order chi connectivity index (χ0) is 84.9. The van der Waals surface area contributed by atoms with Crippen LogP contribution >= 0.6 is 23.5 Å². The number of allylic oxidation sites excluding steroid dienone is 6. The summed E-state index contributed by atoms with van der Waals surface area (Å²) in [6.45, 7) is 2.16. The lowest BCUT2D eigenvalue weighted by atomic mass is 10.1. The van der Waals surface area contributed by atoms with E-state index in [-0.39, 0.29) is 115 Å². The van der Waals surface area contributed by atoms with Crippen molar-refractivity contribution in [3.63, 3.8) is 0 Å². The lowest BCUT2D eigenvalue weighted by Crippen LogP contribution is -2.54. The molecule has 7 unspecified atom stereocenters. The topological polar surface area (TPSA) is 622 Å². The first-order valence-electron chi connectivity index (χ1n) is 35.8. The molecule has 0 bridgehead atoms. The highest BCUT2D eigenvalue weighted by molar-refractivity contribution is 7.85. The molecule has 1 saturated heterocycles. The number of carbonyl (C=O) groups excluding carboxylic acids is 6. The van der Waals surface area contributed by atoms with Crippen LogP contribution in [0.4, 0.5) is 11.5 Å². The Kier molecular flexibility index (Phi) is 34.1. The number of unbranched alkanes of at least 4 members (excludes halogenated alkanes) is 2. The molecule has 3 aromatic carbocycles. The number of rotatable bonds is 44. The number of hydrogen-bond donors (Lipinski definition) is 11. The second kappa shape index (κ2) is 43.7. The smallest absolute Gasteiger partial charge is 0.490 e. The zero-order valence-corrected chi connectivity index (χ0v) is 66.1.